The molecule has 0 saturated carbocycles. The molecular weight excluding hydrogens is 291 g/mol. The molecule has 0 heterocycles. The van der Waals surface area contributed by atoms with E-state index in [2.05, 4.69) is 31.2 Å². The molecule has 0 amide bonds. The van der Waals surface area contributed by atoms with Gasteiger partial charge in [-0.05, 0) is 0 Å². The van der Waals surface area contributed by atoms with Gasteiger partial charge in [0.15, 0.2) is 0 Å². The van der Waals surface area contributed by atoms with Gasteiger partial charge >= 0.3 is 65.6 Å². The minimum atomic E-state index is 0.987. The van der Waals surface area contributed by atoms with E-state index in [-0.39, 0.29) is 0 Å². The summed E-state index contributed by atoms with van der Waals surface area (Å²) in [6, 6.07) is 8.71. The summed E-state index contributed by atoms with van der Waals surface area (Å²) < 4.78 is 1.50. The number of aryl methyl sites for hydroxylation is 1. The average Bonchev–Trinajstić information content (AvgIpc) is 1.77. The summed E-state index contributed by atoms with van der Waals surface area (Å²) in [4.78, 5) is 0. The van der Waals surface area contributed by atoms with Gasteiger partial charge in [0, 0.05) is 0 Å². The fourth-order valence-electron chi connectivity index (χ4n) is 0.566. The van der Waals surface area contributed by atoms with Gasteiger partial charge in [-0.25, -0.2) is 0 Å². The van der Waals surface area contributed by atoms with Crippen LogP contribution >= 0.6 is 0 Å². The van der Waals surface area contributed by atoms with Crippen molar-refractivity contribution in [3.05, 3.63) is 29.8 Å². The van der Waals surface area contributed by atoms with Crippen molar-refractivity contribution in [3.8, 4) is 0 Å². The molecule has 0 saturated heterocycles. The zero-order valence-corrected chi connectivity index (χ0v) is 9.38. The van der Waals surface area contributed by atoms with Crippen molar-refractivity contribution in [3.63, 3.8) is 0 Å². The first kappa shape index (κ1) is 6.26. The average molecular weight is 299 g/mol. The van der Waals surface area contributed by atoms with Crippen LogP contribution in [0.15, 0.2) is 24.3 Å². The molecule has 0 N–H and O–H groups in total. The van der Waals surface area contributed by atoms with Crippen molar-refractivity contribution in [2.45, 2.75) is 6.92 Å². The molecule has 1 aromatic carbocycles. The Kier molecular flexibility index (Phi) is 2.05. The molecule has 8 heavy (non-hydrogen) atoms. The Morgan fingerprint density at radius 2 is 1.62 bits per heavy atom. The van der Waals surface area contributed by atoms with Crippen LogP contribution in [0.1, 0.15) is 5.56 Å². The van der Waals surface area contributed by atoms with Crippen LogP contribution in [0.25, 0.3) is 0 Å². The molecule has 0 spiro atoms. The Bertz CT molecular complexity index is 143. The van der Waals surface area contributed by atoms with E-state index in [4.69, 9.17) is 0 Å². The molecule has 0 aliphatic heterocycles. The van der Waals surface area contributed by atoms with Gasteiger partial charge in [-0.2, -0.15) is 0 Å². The Morgan fingerprint density at radius 1 is 1.12 bits per heavy atom. The van der Waals surface area contributed by atoms with Crippen molar-refractivity contribution in [2.24, 2.45) is 0 Å². The van der Waals surface area contributed by atoms with E-state index in [1.807, 2.05) is 0 Å². The van der Waals surface area contributed by atoms with E-state index in [0.717, 1.165) is 25.8 Å². The van der Waals surface area contributed by atoms with Gasteiger partial charge in [0.25, 0.3) is 0 Å². The fraction of sp³-hybridized carbons (Fsp3) is 0.143. The molecule has 0 nitrogen and oxygen atoms in total. The maximum absolute atomic E-state index is 2.19. The van der Waals surface area contributed by atoms with Crippen LogP contribution in [0.5, 0.6) is 0 Å². The second-order valence-corrected chi connectivity index (χ2v) is 4.50. The molecule has 1 heteroatoms. The summed E-state index contributed by atoms with van der Waals surface area (Å²) in [5.74, 6) is 0. The van der Waals surface area contributed by atoms with Gasteiger partial charge in [-0.3, -0.25) is 0 Å². The number of hydrogen-bond acceptors (Lipinski definition) is 0. The molecular formula is C7H8Pb. The van der Waals surface area contributed by atoms with E-state index >= 15 is 0 Å². The number of rotatable bonds is 0. The van der Waals surface area contributed by atoms with Crippen LogP contribution in [0, 0.1) is 6.92 Å². The summed E-state index contributed by atoms with van der Waals surface area (Å²) in [5, 5.41) is 0. The van der Waals surface area contributed by atoms with Gasteiger partial charge in [-0.15, -0.1) is 0 Å². The SMILES string of the molecule is Cc1cc[c]([PbH])cc1. The predicted molar refractivity (Wildman–Crippen MR) is 38.0 cm³/mol. The van der Waals surface area contributed by atoms with Crippen LogP contribution in [0.4, 0.5) is 0 Å². The van der Waals surface area contributed by atoms with Crippen LogP contribution in [0.2, 0.25) is 0 Å². The van der Waals surface area contributed by atoms with E-state index < -0.39 is 0 Å². The molecule has 40 valence electrons. The predicted octanol–water partition coefficient (Wildman–Crippen LogP) is 0.521. The van der Waals surface area contributed by atoms with Crippen molar-refractivity contribution in [2.75, 3.05) is 0 Å². The second-order valence-electron chi connectivity index (χ2n) is 1.91. The summed E-state index contributed by atoms with van der Waals surface area (Å²) >= 11 is 0.987. The summed E-state index contributed by atoms with van der Waals surface area (Å²) in [6.07, 6.45) is 0. The number of benzene rings is 1. The van der Waals surface area contributed by atoms with Crippen LogP contribution in [0.3, 0.4) is 0 Å². The van der Waals surface area contributed by atoms with Crippen molar-refractivity contribution in [1.29, 1.82) is 0 Å². The molecule has 0 bridgehead atoms. The third-order valence-corrected chi connectivity index (χ3v) is 2.57. The monoisotopic (exact) mass is 300 g/mol. The van der Waals surface area contributed by atoms with Gasteiger partial charge in [0.2, 0.25) is 0 Å². The number of hydrogen-bond donors (Lipinski definition) is 0. The maximum atomic E-state index is 2.19. The zero-order chi connectivity index (χ0) is 5.98. The molecule has 0 aromatic heterocycles. The fourth-order valence-corrected chi connectivity index (χ4v) is 1.31. The first-order valence-corrected chi connectivity index (χ1v) is 4.85. The standard InChI is InChI=1S/C7H7.Pb.H/c1-7-5-3-2-4-6-7;;/h3-6H,1H3;;. The molecule has 0 aliphatic rings. The molecule has 1 rings (SSSR count). The molecule has 0 atom stereocenters. The van der Waals surface area contributed by atoms with Crippen LogP contribution < -0.4 is 3.12 Å². The van der Waals surface area contributed by atoms with E-state index in [0.29, 0.717) is 0 Å². The molecule has 0 aliphatic carbocycles. The van der Waals surface area contributed by atoms with E-state index in [1.165, 1.54) is 8.69 Å². The Labute approximate surface area is 65.6 Å². The van der Waals surface area contributed by atoms with E-state index in [9.17, 15) is 0 Å². The molecule has 1 aromatic rings. The summed E-state index contributed by atoms with van der Waals surface area (Å²) in [6.45, 7) is 2.12. The second kappa shape index (κ2) is 2.62. The molecule has 2 radical (unpaired) electrons. The van der Waals surface area contributed by atoms with Gasteiger partial charge in [0.05, 0.1) is 0 Å². The quantitative estimate of drug-likeness (QED) is 0.613. The van der Waals surface area contributed by atoms with Gasteiger partial charge in [0.1, 0.15) is 0 Å². The Morgan fingerprint density at radius 3 is 2.00 bits per heavy atom. The Balaban J connectivity index is 3.03. The topological polar surface area (TPSA) is 0 Å². The van der Waals surface area contributed by atoms with Gasteiger partial charge in [-0.1, -0.05) is 0 Å². The van der Waals surface area contributed by atoms with Crippen LogP contribution in [-0.2, 0) is 0 Å². The summed E-state index contributed by atoms with van der Waals surface area (Å²) in [5.41, 5.74) is 1.36. The third-order valence-electron chi connectivity index (χ3n) is 1.08. The van der Waals surface area contributed by atoms with Crippen LogP contribution in [-0.4, -0.2) is 25.8 Å². The van der Waals surface area contributed by atoms with Crippen molar-refractivity contribution in [1.82, 2.24) is 0 Å². The van der Waals surface area contributed by atoms with E-state index in [1.54, 1.807) is 0 Å². The molecule has 0 unspecified atom stereocenters. The summed E-state index contributed by atoms with van der Waals surface area (Å²) in [7, 11) is 0. The van der Waals surface area contributed by atoms with Crippen molar-refractivity contribution < 1.29 is 0 Å². The zero-order valence-electron chi connectivity index (χ0n) is 4.89. The molecule has 0 fully saturated rings. The first-order chi connectivity index (χ1) is 3.79. The minimum absolute atomic E-state index is 0.987. The van der Waals surface area contributed by atoms with Gasteiger partial charge < -0.3 is 0 Å². The van der Waals surface area contributed by atoms with Crippen molar-refractivity contribution >= 4 is 28.9 Å². The first-order valence-electron chi connectivity index (χ1n) is 2.61. The Hall–Kier alpha value is 0.142. The normalized spacial score (nSPS) is 9.25. The third kappa shape index (κ3) is 1.58.